The van der Waals surface area contributed by atoms with Crippen LogP contribution in [-0.4, -0.2) is 42.8 Å². The second-order valence-corrected chi connectivity index (χ2v) is 10.6. The van der Waals surface area contributed by atoms with Crippen LogP contribution in [0.1, 0.15) is 24.0 Å². The zero-order chi connectivity index (χ0) is 24.2. The Balaban J connectivity index is 1.50. The van der Waals surface area contributed by atoms with Crippen LogP contribution < -0.4 is 5.73 Å². The number of nitrogens with two attached hydrogens (primary N) is 1. The molecule has 4 rings (SSSR count). The number of quaternary nitrogens is 1. The predicted octanol–water partition coefficient (Wildman–Crippen LogP) is 5.39. The molecule has 6 heteroatoms. The summed E-state index contributed by atoms with van der Waals surface area (Å²) in [6.07, 6.45) is 1.84. The summed E-state index contributed by atoms with van der Waals surface area (Å²) < 4.78 is 27.5. The third-order valence-corrected chi connectivity index (χ3v) is 8.22. The van der Waals surface area contributed by atoms with Gasteiger partial charge >= 0.3 is 0 Å². The Bertz CT molecular complexity index is 1090. The maximum absolute atomic E-state index is 13.5. The average molecular weight is 482 g/mol. The summed E-state index contributed by atoms with van der Waals surface area (Å²) >= 11 is 1.54. The normalized spacial score (nSPS) is 20.4. The summed E-state index contributed by atoms with van der Waals surface area (Å²) in [5.74, 6) is -1.03. The number of likely N-dealkylation sites (tertiary alicyclic amines) is 1. The number of thioether (sulfide) groups is 1. The minimum absolute atomic E-state index is 0.0821. The Hall–Kier alpha value is -2.70. The summed E-state index contributed by atoms with van der Waals surface area (Å²) in [7, 11) is 2.24. The van der Waals surface area contributed by atoms with Gasteiger partial charge in [-0.15, -0.1) is 11.8 Å². The number of benzene rings is 3. The van der Waals surface area contributed by atoms with E-state index in [1.54, 1.807) is 6.07 Å². The highest BCUT2D eigenvalue weighted by Gasteiger charge is 2.53. The molecule has 3 nitrogen and oxygen atoms in total. The Labute approximate surface area is 204 Å². The van der Waals surface area contributed by atoms with Gasteiger partial charge in [0, 0.05) is 29.4 Å². The molecule has 0 bridgehead atoms. The molecular formula is C28H31F2N2OS+. The van der Waals surface area contributed by atoms with E-state index in [1.165, 1.54) is 23.9 Å². The van der Waals surface area contributed by atoms with Crippen molar-refractivity contribution in [2.75, 3.05) is 32.4 Å². The molecule has 3 aromatic rings. The predicted molar refractivity (Wildman–Crippen MR) is 133 cm³/mol. The van der Waals surface area contributed by atoms with Gasteiger partial charge < -0.3 is 10.2 Å². The molecule has 0 saturated carbocycles. The summed E-state index contributed by atoms with van der Waals surface area (Å²) in [6, 6.07) is 23.9. The molecule has 2 N–H and O–H groups in total. The van der Waals surface area contributed by atoms with E-state index in [0.717, 1.165) is 58.7 Å². The summed E-state index contributed by atoms with van der Waals surface area (Å²) in [5, 5.41) is 0. The zero-order valence-electron chi connectivity index (χ0n) is 19.4. The van der Waals surface area contributed by atoms with Gasteiger partial charge in [-0.2, -0.15) is 0 Å². The molecule has 0 aromatic heterocycles. The van der Waals surface area contributed by atoms with Gasteiger partial charge in [-0.1, -0.05) is 60.7 Å². The highest BCUT2D eigenvalue weighted by Crippen LogP contribution is 2.45. The Morgan fingerprint density at radius 2 is 1.62 bits per heavy atom. The maximum atomic E-state index is 13.5. The molecule has 1 unspecified atom stereocenters. The number of halogens is 2. The summed E-state index contributed by atoms with van der Waals surface area (Å²) in [4.78, 5) is 14.0. The van der Waals surface area contributed by atoms with E-state index in [-0.39, 0.29) is 11.8 Å². The second kappa shape index (κ2) is 10.3. The molecule has 0 radical (unpaired) electrons. The van der Waals surface area contributed by atoms with Crippen molar-refractivity contribution in [1.29, 1.82) is 0 Å². The number of hydrogen-bond donors (Lipinski definition) is 1. The molecule has 1 aliphatic rings. The van der Waals surface area contributed by atoms with Gasteiger partial charge in [0.15, 0.2) is 11.6 Å². The first kappa shape index (κ1) is 24.4. The first-order valence-corrected chi connectivity index (χ1v) is 12.7. The van der Waals surface area contributed by atoms with Crippen molar-refractivity contribution >= 4 is 17.7 Å². The number of carbonyl (C=O) groups is 1. The fraction of sp³-hybridized carbons (Fsp3) is 0.321. The molecule has 34 heavy (non-hydrogen) atoms. The monoisotopic (exact) mass is 481 g/mol. The van der Waals surface area contributed by atoms with Crippen molar-refractivity contribution in [2.45, 2.75) is 23.2 Å². The minimum Gasteiger partial charge on any atom is -0.369 e. The van der Waals surface area contributed by atoms with E-state index >= 15 is 0 Å². The number of hydrogen-bond acceptors (Lipinski definition) is 2. The van der Waals surface area contributed by atoms with Gasteiger partial charge in [0.05, 0.1) is 26.7 Å². The molecule has 1 fully saturated rings. The molecule has 0 spiro atoms. The molecule has 178 valence electrons. The number of nitrogens with zero attached hydrogens (tertiary/aromatic N) is 1. The lowest BCUT2D eigenvalue weighted by Gasteiger charge is -2.38. The number of rotatable bonds is 9. The van der Waals surface area contributed by atoms with Crippen molar-refractivity contribution in [2.24, 2.45) is 11.7 Å². The number of amides is 1. The molecule has 1 aliphatic heterocycles. The summed E-state index contributed by atoms with van der Waals surface area (Å²) in [6.45, 7) is 2.77. The van der Waals surface area contributed by atoms with Gasteiger partial charge in [0.25, 0.3) is 0 Å². The SMILES string of the molecule is C[N+]1(CCCSc2ccc(F)c(F)c2)CC[C@@H](C(C(N)=O)(c2ccccc2)c2ccccc2)C1. The van der Waals surface area contributed by atoms with E-state index in [2.05, 4.69) is 7.05 Å². The number of carbonyl (C=O) groups excluding carboxylic acids is 1. The van der Waals surface area contributed by atoms with Gasteiger partial charge in [0.2, 0.25) is 5.91 Å². The van der Waals surface area contributed by atoms with Crippen LogP contribution in [0.3, 0.4) is 0 Å². The smallest absolute Gasteiger partial charge is 0.233 e. The highest BCUT2D eigenvalue weighted by atomic mass is 32.2. The summed E-state index contributed by atoms with van der Waals surface area (Å²) in [5.41, 5.74) is 7.22. The maximum Gasteiger partial charge on any atom is 0.233 e. The van der Waals surface area contributed by atoms with Crippen molar-refractivity contribution in [3.05, 3.63) is 102 Å². The lowest BCUT2D eigenvalue weighted by atomic mass is 9.64. The lowest BCUT2D eigenvalue weighted by Crippen LogP contribution is -2.51. The third-order valence-electron chi connectivity index (χ3n) is 7.14. The second-order valence-electron chi connectivity index (χ2n) is 9.42. The van der Waals surface area contributed by atoms with E-state index < -0.39 is 17.0 Å². The third kappa shape index (κ3) is 4.89. The molecule has 1 saturated heterocycles. The van der Waals surface area contributed by atoms with E-state index in [0.29, 0.717) is 0 Å². The quantitative estimate of drug-likeness (QED) is 0.253. The van der Waals surface area contributed by atoms with Gasteiger partial charge in [-0.05, 0) is 29.3 Å². The van der Waals surface area contributed by atoms with Crippen molar-refractivity contribution in [1.82, 2.24) is 0 Å². The Kier molecular flexibility index (Phi) is 7.39. The molecule has 2 atom stereocenters. The van der Waals surface area contributed by atoms with Crippen LogP contribution in [0.25, 0.3) is 0 Å². The van der Waals surface area contributed by atoms with Crippen molar-refractivity contribution in [3.8, 4) is 0 Å². The van der Waals surface area contributed by atoms with Crippen molar-refractivity contribution in [3.63, 3.8) is 0 Å². The minimum atomic E-state index is -0.876. The van der Waals surface area contributed by atoms with E-state index in [1.807, 2.05) is 60.7 Å². The van der Waals surface area contributed by atoms with Gasteiger partial charge in [-0.25, -0.2) is 8.78 Å². The number of primary amides is 1. The Morgan fingerprint density at radius 3 is 2.18 bits per heavy atom. The van der Waals surface area contributed by atoms with Crippen LogP contribution in [0.2, 0.25) is 0 Å². The van der Waals surface area contributed by atoms with Crippen LogP contribution in [0.15, 0.2) is 83.8 Å². The standard InChI is InChI=1S/C28H30F2N2OS/c1-32(16-8-18-34-24-13-14-25(29)26(30)19-24)17-15-23(20-32)28(27(31)33,21-9-4-2-5-10-21)22-11-6-3-7-12-22/h2-7,9-14,19,23H,8,15-18,20H2,1H3,(H-,31,33)/p+1/t23-,32?/m1/s1. The van der Waals surface area contributed by atoms with Crippen LogP contribution >= 0.6 is 11.8 Å². The van der Waals surface area contributed by atoms with Gasteiger partial charge in [-0.3, -0.25) is 4.79 Å². The Morgan fingerprint density at radius 1 is 1.00 bits per heavy atom. The molecule has 1 heterocycles. The fourth-order valence-corrected chi connectivity index (χ4v) is 6.33. The first-order chi connectivity index (χ1) is 16.3. The average Bonchev–Trinajstić information content (AvgIpc) is 3.23. The van der Waals surface area contributed by atoms with E-state index in [9.17, 15) is 13.6 Å². The largest absolute Gasteiger partial charge is 0.369 e. The van der Waals surface area contributed by atoms with Crippen LogP contribution in [0, 0.1) is 17.6 Å². The van der Waals surface area contributed by atoms with Crippen LogP contribution in [0.4, 0.5) is 8.78 Å². The van der Waals surface area contributed by atoms with E-state index in [4.69, 9.17) is 5.73 Å². The van der Waals surface area contributed by atoms with Gasteiger partial charge in [0.1, 0.15) is 5.41 Å². The highest BCUT2D eigenvalue weighted by molar-refractivity contribution is 7.99. The van der Waals surface area contributed by atoms with Crippen LogP contribution in [0.5, 0.6) is 0 Å². The molecular weight excluding hydrogens is 450 g/mol. The lowest BCUT2D eigenvalue weighted by molar-refractivity contribution is -0.899. The zero-order valence-corrected chi connectivity index (χ0v) is 20.2. The fourth-order valence-electron chi connectivity index (χ4n) is 5.47. The molecule has 1 amide bonds. The first-order valence-electron chi connectivity index (χ1n) is 11.7. The molecule has 0 aliphatic carbocycles. The topological polar surface area (TPSA) is 43.1 Å². The molecule has 3 aromatic carbocycles. The van der Waals surface area contributed by atoms with Crippen molar-refractivity contribution < 1.29 is 18.1 Å². The van der Waals surface area contributed by atoms with Crippen LogP contribution in [-0.2, 0) is 10.2 Å².